The van der Waals surface area contributed by atoms with Gasteiger partial charge in [-0.25, -0.2) is 0 Å². The van der Waals surface area contributed by atoms with Crippen molar-refractivity contribution in [3.8, 4) is 0 Å². The monoisotopic (exact) mass is 139 g/mol. The summed E-state index contributed by atoms with van der Waals surface area (Å²) in [6.07, 6.45) is 2.87. The lowest BCUT2D eigenvalue weighted by Crippen LogP contribution is -2.33. The van der Waals surface area contributed by atoms with Crippen LogP contribution in [0.1, 0.15) is 26.7 Å². The highest BCUT2D eigenvalue weighted by atomic mass is 15.2. The van der Waals surface area contributed by atoms with Crippen molar-refractivity contribution in [3.63, 3.8) is 0 Å². The highest BCUT2D eigenvalue weighted by Gasteiger charge is 2.54. The fourth-order valence-electron chi connectivity index (χ4n) is 2.73. The van der Waals surface area contributed by atoms with E-state index in [9.17, 15) is 0 Å². The first kappa shape index (κ1) is 6.66. The summed E-state index contributed by atoms with van der Waals surface area (Å²) in [6, 6.07) is 1.79. The van der Waals surface area contributed by atoms with E-state index < -0.39 is 0 Å². The first-order valence-electron chi connectivity index (χ1n) is 4.47. The minimum Gasteiger partial charge on any atom is -0.300 e. The van der Waals surface area contributed by atoms with E-state index in [1.54, 1.807) is 0 Å². The Bertz CT molecular complexity index is 144. The summed E-state index contributed by atoms with van der Waals surface area (Å²) in [5.41, 5.74) is 0. The Morgan fingerprint density at radius 1 is 1.40 bits per heavy atom. The minimum absolute atomic E-state index is 0.870. The highest BCUT2D eigenvalue weighted by Crippen LogP contribution is 2.53. The number of fused-ring (bicyclic) bond motifs is 1. The van der Waals surface area contributed by atoms with Crippen LogP contribution in [0, 0.1) is 11.8 Å². The normalized spacial score (nSPS) is 53.1. The van der Waals surface area contributed by atoms with Crippen LogP contribution in [0.3, 0.4) is 0 Å². The molecule has 0 radical (unpaired) electrons. The van der Waals surface area contributed by atoms with Crippen LogP contribution in [0.4, 0.5) is 0 Å². The molecule has 2 rings (SSSR count). The van der Waals surface area contributed by atoms with Crippen LogP contribution in [-0.2, 0) is 0 Å². The number of rotatable bonds is 1. The van der Waals surface area contributed by atoms with Gasteiger partial charge in [0.2, 0.25) is 0 Å². The van der Waals surface area contributed by atoms with Crippen molar-refractivity contribution >= 4 is 0 Å². The van der Waals surface area contributed by atoms with Gasteiger partial charge in [0.1, 0.15) is 0 Å². The number of nitrogens with zero attached hydrogens (tertiary/aromatic N) is 1. The SMILES string of the molecule is CCC1[C@H]2C[C@H]2C(C)N1C. The van der Waals surface area contributed by atoms with Gasteiger partial charge in [-0.2, -0.15) is 0 Å². The predicted molar refractivity (Wildman–Crippen MR) is 42.9 cm³/mol. The quantitative estimate of drug-likeness (QED) is 0.535. The van der Waals surface area contributed by atoms with Gasteiger partial charge in [-0.1, -0.05) is 6.92 Å². The van der Waals surface area contributed by atoms with Gasteiger partial charge >= 0.3 is 0 Å². The van der Waals surface area contributed by atoms with Gasteiger partial charge in [-0.15, -0.1) is 0 Å². The number of likely N-dealkylation sites (tertiary alicyclic amines) is 1. The molecule has 0 N–H and O–H groups in total. The zero-order chi connectivity index (χ0) is 7.30. The summed E-state index contributed by atoms with van der Waals surface area (Å²) < 4.78 is 0. The smallest absolute Gasteiger partial charge is 0.0124 e. The van der Waals surface area contributed by atoms with E-state index in [0.717, 1.165) is 23.9 Å². The second-order valence-electron chi connectivity index (χ2n) is 3.95. The lowest BCUT2D eigenvalue weighted by atomic mass is 10.1. The van der Waals surface area contributed by atoms with Crippen molar-refractivity contribution < 1.29 is 0 Å². The lowest BCUT2D eigenvalue weighted by Gasteiger charge is -2.26. The van der Waals surface area contributed by atoms with E-state index >= 15 is 0 Å². The van der Waals surface area contributed by atoms with Crippen LogP contribution in [0.2, 0.25) is 0 Å². The number of hydrogen-bond acceptors (Lipinski definition) is 1. The standard InChI is InChI=1S/C9H17N/c1-4-9-8-5-7(8)6(2)10(9)3/h6-9H,4-5H2,1-3H3/t6?,7-,8-,9?/m0/s1. The molecule has 1 saturated heterocycles. The average molecular weight is 139 g/mol. The molecular weight excluding hydrogens is 122 g/mol. The second-order valence-corrected chi connectivity index (χ2v) is 3.95. The first-order valence-corrected chi connectivity index (χ1v) is 4.47. The predicted octanol–water partition coefficient (Wildman–Crippen LogP) is 1.74. The Labute approximate surface area is 63.4 Å². The molecule has 58 valence electrons. The summed E-state index contributed by atoms with van der Waals surface area (Å²) in [5, 5.41) is 0. The van der Waals surface area contributed by atoms with Gasteiger partial charge < -0.3 is 4.90 Å². The Morgan fingerprint density at radius 2 is 2.10 bits per heavy atom. The molecule has 1 saturated carbocycles. The molecule has 0 aromatic carbocycles. The Morgan fingerprint density at radius 3 is 2.40 bits per heavy atom. The minimum atomic E-state index is 0.870. The molecule has 10 heavy (non-hydrogen) atoms. The molecule has 4 atom stereocenters. The molecule has 0 aromatic rings. The summed E-state index contributed by atoms with van der Waals surface area (Å²) in [5.74, 6) is 2.14. The summed E-state index contributed by atoms with van der Waals surface area (Å²) in [7, 11) is 2.28. The molecule has 1 heterocycles. The third kappa shape index (κ3) is 0.672. The van der Waals surface area contributed by atoms with Crippen molar-refractivity contribution in [2.45, 2.75) is 38.8 Å². The van der Waals surface area contributed by atoms with E-state index in [1.165, 1.54) is 12.8 Å². The molecule has 2 unspecified atom stereocenters. The van der Waals surface area contributed by atoms with Crippen LogP contribution in [0.15, 0.2) is 0 Å². The zero-order valence-corrected chi connectivity index (χ0v) is 7.17. The number of hydrogen-bond donors (Lipinski definition) is 0. The summed E-state index contributed by atoms with van der Waals surface area (Å²) in [6.45, 7) is 4.69. The van der Waals surface area contributed by atoms with E-state index in [4.69, 9.17) is 0 Å². The molecule has 2 aliphatic rings. The Kier molecular flexibility index (Phi) is 1.31. The highest BCUT2D eigenvalue weighted by molar-refractivity contribution is 5.06. The molecule has 0 aromatic heterocycles. The van der Waals surface area contributed by atoms with Crippen molar-refractivity contribution in [3.05, 3.63) is 0 Å². The van der Waals surface area contributed by atoms with Crippen LogP contribution >= 0.6 is 0 Å². The second kappa shape index (κ2) is 1.97. The molecule has 1 nitrogen and oxygen atoms in total. The van der Waals surface area contributed by atoms with Gasteiger partial charge in [0.25, 0.3) is 0 Å². The maximum atomic E-state index is 2.57. The lowest BCUT2D eigenvalue weighted by molar-refractivity contribution is 0.207. The maximum absolute atomic E-state index is 2.57. The van der Waals surface area contributed by atoms with Crippen LogP contribution < -0.4 is 0 Å². The van der Waals surface area contributed by atoms with Crippen molar-refractivity contribution in [2.24, 2.45) is 11.8 Å². The van der Waals surface area contributed by atoms with E-state index in [2.05, 4.69) is 25.8 Å². The van der Waals surface area contributed by atoms with E-state index in [-0.39, 0.29) is 0 Å². The van der Waals surface area contributed by atoms with Crippen molar-refractivity contribution in [1.29, 1.82) is 0 Å². The first-order chi connectivity index (χ1) is 4.75. The van der Waals surface area contributed by atoms with Gasteiger partial charge in [0.05, 0.1) is 0 Å². The molecule has 1 heteroatoms. The number of piperidine rings is 1. The molecule has 0 amide bonds. The zero-order valence-electron chi connectivity index (χ0n) is 7.17. The average Bonchev–Trinajstić information content (AvgIpc) is 2.63. The van der Waals surface area contributed by atoms with Gasteiger partial charge in [-0.3, -0.25) is 0 Å². The molecule has 0 spiro atoms. The molecule has 2 fully saturated rings. The van der Waals surface area contributed by atoms with Gasteiger partial charge in [-0.05, 0) is 38.6 Å². The largest absolute Gasteiger partial charge is 0.300 e. The van der Waals surface area contributed by atoms with E-state index in [1.807, 2.05) is 0 Å². The molecule has 0 bridgehead atoms. The van der Waals surface area contributed by atoms with E-state index in [0.29, 0.717) is 0 Å². The van der Waals surface area contributed by atoms with Crippen LogP contribution in [0.25, 0.3) is 0 Å². The third-order valence-corrected chi connectivity index (χ3v) is 3.59. The molecular formula is C9H17N. The van der Waals surface area contributed by atoms with Gasteiger partial charge in [0, 0.05) is 12.1 Å². The fourth-order valence-corrected chi connectivity index (χ4v) is 2.73. The van der Waals surface area contributed by atoms with Crippen molar-refractivity contribution in [2.75, 3.05) is 7.05 Å². The summed E-state index contributed by atoms with van der Waals surface area (Å²) in [4.78, 5) is 2.57. The fraction of sp³-hybridized carbons (Fsp3) is 1.00. The Hall–Kier alpha value is -0.0400. The Balaban J connectivity index is 2.09. The van der Waals surface area contributed by atoms with Crippen molar-refractivity contribution in [1.82, 2.24) is 4.90 Å². The van der Waals surface area contributed by atoms with Gasteiger partial charge in [0.15, 0.2) is 0 Å². The van der Waals surface area contributed by atoms with Crippen LogP contribution in [0.5, 0.6) is 0 Å². The summed E-state index contributed by atoms with van der Waals surface area (Å²) >= 11 is 0. The maximum Gasteiger partial charge on any atom is 0.0124 e. The third-order valence-electron chi connectivity index (χ3n) is 3.59. The topological polar surface area (TPSA) is 3.24 Å². The molecule has 1 aliphatic carbocycles. The molecule has 1 aliphatic heterocycles. The van der Waals surface area contributed by atoms with Crippen LogP contribution in [-0.4, -0.2) is 24.0 Å².